The lowest BCUT2D eigenvalue weighted by atomic mass is 9.98. The number of anilines is 1. The number of benzene rings is 1. The van der Waals surface area contributed by atoms with E-state index in [4.69, 9.17) is 22.7 Å². The van der Waals surface area contributed by atoms with Gasteiger partial charge in [0.05, 0.1) is 15.3 Å². The van der Waals surface area contributed by atoms with Crippen molar-refractivity contribution in [2.24, 2.45) is 10.7 Å². The molecule has 0 unspecified atom stereocenters. The summed E-state index contributed by atoms with van der Waals surface area (Å²) < 4.78 is 0. The standard InChI is InChI=1S/C21H17ClN6OS/c1-12(29)28-18-9-14(6-7-26-18)19-17(10-23)16(20(30-19)21(25)27-11-24)8-13-2-4-15(22)5-3-13/h2-7,9,11H,8H2,1H3,(H3,24,25,27)(H,26,28,29). The molecule has 0 bridgehead atoms. The Morgan fingerprint density at radius 3 is 2.77 bits per heavy atom. The van der Waals surface area contributed by atoms with E-state index in [2.05, 4.69) is 21.4 Å². The minimum Gasteiger partial charge on any atom is -0.382 e. The first-order valence-corrected chi connectivity index (χ1v) is 9.99. The molecule has 9 heteroatoms. The number of carbonyl (C=O) groups is 1. The quantitative estimate of drug-likeness (QED) is 0.395. The maximum atomic E-state index is 11.4. The van der Waals surface area contributed by atoms with Gasteiger partial charge in [0.1, 0.15) is 24.1 Å². The molecule has 0 spiro atoms. The summed E-state index contributed by atoms with van der Waals surface area (Å²) in [4.78, 5) is 20.7. The molecular formula is C21H17ClN6OS. The molecule has 0 radical (unpaired) electrons. The minimum absolute atomic E-state index is 0.165. The zero-order valence-electron chi connectivity index (χ0n) is 15.9. The molecule has 0 saturated heterocycles. The molecule has 0 saturated carbocycles. The highest BCUT2D eigenvalue weighted by molar-refractivity contribution is 7.18. The molecule has 3 rings (SSSR count). The molecule has 1 aromatic carbocycles. The number of nitriles is 1. The van der Waals surface area contributed by atoms with Crippen LogP contribution in [0, 0.1) is 16.7 Å². The number of pyridine rings is 1. The van der Waals surface area contributed by atoms with Crippen molar-refractivity contribution >= 4 is 46.8 Å². The van der Waals surface area contributed by atoms with Crippen molar-refractivity contribution in [1.29, 1.82) is 10.7 Å². The highest BCUT2D eigenvalue weighted by Crippen LogP contribution is 2.38. The van der Waals surface area contributed by atoms with Crippen LogP contribution in [0.1, 0.15) is 28.5 Å². The Morgan fingerprint density at radius 1 is 1.40 bits per heavy atom. The van der Waals surface area contributed by atoms with Gasteiger partial charge in [-0.2, -0.15) is 5.26 Å². The first kappa shape index (κ1) is 21.2. The molecule has 2 aromatic heterocycles. The lowest BCUT2D eigenvalue weighted by Gasteiger charge is -2.06. The Bertz CT molecular complexity index is 1180. The zero-order chi connectivity index (χ0) is 21.7. The molecule has 0 atom stereocenters. The Morgan fingerprint density at radius 2 is 2.13 bits per heavy atom. The summed E-state index contributed by atoms with van der Waals surface area (Å²) in [6.45, 7) is 1.40. The normalized spacial score (nSPS) is 11.0. The van der Waals surface area contributed by atoms with E-state index in [0.29, 0.717) is 32.6 Å². The monoisotopic (exact) mass is 436 g/mol. The summed E-state index contributed by atoms with van der Waals surface area (Å²) in [6.07, 6.45) is 2.88. The van der Waals surface area contributed by atoms with Crippen LogP contribution in [0.5, 0.6) is 0 Å². The van der Waals surface area contributed by atoms with E-state index in [1.165, 1.54) is 18.3 Å². The topological polar surface area (TPSA) is 128 Å². The van der Waals surface area contributed by atoms with Crippen LogP contribution < -0.4 is 11.1 Å². The van der Waals surface area contributed by atoms with Gasteiger partial charge in [0.15, 0.2) is 0 Å². The number of rotatable bonds is 6. The SMILES string of the molecule is CC(=O)Nc1cc(-c2sc(C(N)=NC=N)c(Cc3ccc(Cl)cc3)c2C#N)ccn1. The van der Waals surface area contributed by atoms with Gasteiger partial charge in [-0.25, -0.2) is 9.98 Å². The van der Waals surface area contributed by atoms with E-state index in [1.807, 2.05) is 12.1 Å². The number of halogens is 1. The van der Waals surface area contributed by atoms with E-state index in [-0.39, 0.29) is 11.7 Å². The summed E-state index contributed by atoms with van der Waals surface area (Å²) in [5, 5.41) is 20.5. The summed E-state index contributed by atoms with van der Waals surface area (Å²) in [7, 11) is 0. The molecule has 7 nitrogen and oxygen atoms in total. The largest absolute Gasteiger partial charge is 0.382 e. The molecule has 0 aliphatic carbocycles. The van der Waals surface area contributed by atoms with Gasteiger partial charge in [-0.1, -0.05) is 23.7 Å². The average Bonchev–Trinajstić information content (AvgIpc) is 3.08. The molecular weight excluding hydrogens is 420 g/mol. The maximum Gasteiger partial charge on any atom is 0.222 e. The fraction of sp³-hybridized carbons (Fsp3) is 0.0952. The third-order valence-corrected chi connectivity index (χ3v) is 5.73. The van der Waals surface area contributed by atoms with E-state index >= 15 is 0 Å². The Kier molecular flexibility index (Phi) is 6.57. The zero-order valence-corrected chi connectivity index (χ0v) is 17.5. The molecule has 4 N–H and O–H groups in total. The number of amidine groups is 1. The molecule has 0 aliphatic heterocycles. The van der Waals surface area contributed by atoms with Crippen LogP contribution in [-0.2, 0) is 11.2 Å². The first-order chi connectivity index (χ1) is 14.4. The number of nitrogens with zero attached hydrogens (tertiary/aromatic N) is 3. The van der Waals surface area contributed by atoms with Crippen LogP contribution in [0.15, 0.2) is 47.6 Å². The van der Waals surface area contributed by atoms with Crippen molar-refractivity contribution < 1.29 is 4.79 Å². The number of nitrogens with two attached hydrogens (primary N) is 1. The number of hydrogen-bond donors (Lipinski definition) is 3. The highest BCUT2D eigenvalue weighted by atomic mass is 35.5. The molecule has 150 valence electrons. The highest BCUT2D eigenvalue weighted by Gasteiger charge is 2.22. The van der Waals surface area contributed by atoms with E-state index in [1.54, 1.807) is 30.5 Å². The van der Waals surface area contributed by atoms with Gasteiger partial charge >= 0.3 is 0 Å². The molecule has 30 heavy (non-hydrogen) atoms. The lowest BCUT2D eigenvalue weighted by Crippen LogP contribution is -2.14. The van der Waals surface area contributed by atoms with Crippen LogP contribution in [0.2, 0.25) is 5.02 Å². The van der Waals surface area contributed by atoms with E-state index in [9.17, 15) is 10.1 Å². The second-order valence-electron chi connectivity index (χ2n) is 6.28. The number of amides is 1. The van der Waals surface area contributed by atoms with Gasteiger partial charge in [0.2, 0.25) is 5.91 Å². The number of thiophene rings is 1. The number of aliphatic imine (C=N–C) groups is 1. The van der Waals surface area contributed by atoms with Crippen molar-refractivity contribution in [1.82, 2.24) is 4.98 Å². The van der Waals surface area contributed by atoms with Crippen LogP contribution in [-0.4, -0.2) is 23.1 Å². The predicted octanol–water partition coefficient (Wildman–Crippen LogP) is 4.20. The van der Waals surface area contributed by atoms with Crippen molar-refractivity contribution in [3.8, 4) is 16.5 Å². The third kappa shape index (κ3) is 4.71. The summed E-state index contributed by atoms with van der Waals surface area (Å²) in [5.74, 6) is 0.315. The molecule has 3 aromatic rings. The third-order valence-electron chi connectivity index (χ3n) is 4.18. The summed E-state index contributed by atoms with van der Waals surface area (Å²) >= 11 is 7.29. The van der Waals surface area contributed by atoms with E-state index in [0.717, 1.165) is 23.0 Å². The molecule has 0 fully saturated rings. The smallest absolute Gasteiger partial charge is 0.222 e. The number of aromatic nitrogens is 1. The van der Waals surface area contributed by atoms with Crippen LogP contribution in [0.25, 0.3) is 10.4 Å². The van der Waals surface area contributed by atoms with Gasteiger partial charge in [-0.15, -0.1) is 11.3 Å². The second kappa shape index (κ2) is 9.31. The molecule has 1 amide bonds. The minimum atomic E-state index is -0.238. The maximum absolute atomic E-state index is 11.4. The average molecular weight is 437 g/mol. The Labute approximate surface area is 182 Å². The van der Waals surface area contributed by atoms with E-state index < -0.39 is 0 Å². The van der Waals surface area contributed by atoms with Crippen LogP contribution >= 0.6 is 22.9 Å². The van der Waals surface area contributed by atoms with Crippen molar-refractivity contribution in [2.75, 3.05) is 5.32 Å². The van der Waals surface area contributed by atoms with Crippen molar-refractivity contribution in [2.45, 2.75) is 13.3 Å². The van der Waals surface area contributed by atoms with Crippen LogP contribution in [0.3, 0.4) is 0 Å². The van der Waals surface area contributed by atoms with Crippen molar-refractivity contribution in [3.63, 3.8) is 0 Å². The van der Waals surface area contributed by atoms with Gasteiger partial charge < -0.3 is 11.1 Å². The summed E-state index contributed by atoms with van der Waals surface area (Å²) in [6, 6.07) is 13.1. The van der Waals surface area contributed by atoms with Gasteiger partial charge in [-0.3, -0.25) is 10.2 Å². The number of hydrogen-bond acceptors (Lipinski definition) is 5. The molecule has 0 aliphatic rings. The number of nitrogens with one attached hydrogen (secondary N) is 2. The first-order valence-electron chi connectivity index (χ1n) is 8.79. The Hall–Kier alpha value is -3.54. The molecule has 2 heterocycles. The lowest BCUT2D eigenvalue weighted by molar-refractivity contribution is -0.114. The second-order valence-corrected chi connectivity index (χ2v) is 7.74. The fourth-order valence-electron chi connectivity index (χ4n) is 2.92. The van der Waals surface area contributed by atoms with Gasteiger partial charge in [-0.05, 0) is 41.0 Å². The number of carbonyl (C=O) groups excluding carboxylic acids is 1. The fourth-order valence-corrected chi connectivity index (χ4v) is 4.22. The van der Waals surface area contributed by atoms with Crippen LogP contribution in [0.4, 0.5) is 5.82 Å². The Balaban J connectivity index is 2.16. The summed E-state index contributed by atoms with van der Waals surface area (Å²) in [5.41, 5.74) is 8.97. The predicted molar refractivity (Wildman–Crippen MR) is 120 cm³/mol. The van der Waals surface area contributed by atoms with Crippen molar-refractivity contribution in [3.05, 3.63) is 69.2 Å². The van der Waals surface area contributed by atoms with Gasteiger partial charge in [0, 0.05) is 24.6 Å². The van der Waals surface area contributed by atoms with Gasteiger partial charge in [0.25, 0.3) is 0 Å².